The molecule has 2 saturated heterocycles. The van der Waals surface area contributed by atoms with Crippen molar-refractivity contribution in [3.63, 3.8) is 0 Å². The Kier molecular flexibility index (Phi) is 4.16. The van der Waals surface area contributed by atoms with Crippen molar-refractivity contribution in [3.8, 4) is 0 Å². The Balaban J connectivity index is 1.33. The van der Waals surface area contributed by atoms with Gasteiger partial charge in [0.25, 0.3) is 0 Å². The van der Waals surface area contributed by atoms with Crippen molar-refractivity contribution in [2.24, 2.45) is 5.41 Å². The number of imidazole rings is 1. The molecule has 7 nitrogen and oxygen atoms in total. The highest BCUT2D eigenvalue weighted by atomic mass is 19.1. The van der Waals surface area contributed by atoms with Gasteiger partial charge in [-0.3, -0.25) is 4.90 Å². The van der Waals surface area contributed by atoms with Gasteiger partial charge in [0.05, 0.1) is 6.33 Å². The monoisotopic (exact) mass is 381 g/mol. The zero-order valence-corrected chi connectivity index (χ0v) is 15.7. The molecule has 0 saturated carbocycles. The van der Waals surface area contributed by atoms with Gasteiger partial charge in [-0.05, 0) is 43.5 Å². The molecule has 2 fully saturated rings. The highest BCUT2D eigenvalue weighted by Gasteiger charge is 2.42. The van der Waals surface area contributed by atoms with E-state index in [1.165, 1.54) is 12.8 Å². The second kappa shape index (κ2) is 6.70. The van der Waals surface area contributed by atoms with Crippen LogP contribution in [0.15, 0.2) is 30.6 Å². The molecule has 1 aromatic carbocycles. The van der Waals surface area contributed by atoms with Crippen LogP contribution in [0, 0.1) is 11.2 Å². The van der Waals surface area contributed by atoms with Crippen LogP contribution in [0.5, 0.6) is 0 Å². The summed E-state index contributed by atoms with van der Waals surface area (Å²) in [6.07, 6.45) is 5.17. The third-order valence-electron chi connectivity index (χ3n) is 6.08. The number of hydrogen-bond donors (Lipinski definition) is 2. The number of likely N-dealkylation sites (tertiary alicyclic amines) is 1. The molecule has 0 aliphatic carbocycles. The summed E-state index contributed by atoms with van der Waals surface area (Å²) in [5.74, 6) is 0.934. The van der Waals surface area contributed by atoms with E-state index in [1.54, 1.807) is 18.5 Å². The Morgan fingerprint density at radius 3 is 2.82 bits per heavy atom. The van der Waals surface area contributed by atoms with Crippen molar-refractivity contribution in [2.75, 3.05) is 36.8 Å². The lowest BCUT2D eigenvalue weighted by Crippen LogP contribution is -2.44. The number of aromatic nitrogens is 4. The van der Waals surface area contributed by atoms with E-state index in [1.807, 2.05) is 12.1 Å². The second-order valence-corrected chi connectivity index (χ2v) is 8.12. The van der Waals surface area contributed by atoms with Crippen LogP contribution in [0.2, 0.25) is 0 Å². The molecule has 3 aromatic rings. The van der Waals surface area contributed by atoms with E-state index in [0.29, 0.717) is 5.65 Å². The van der Waals surface area contributed by atoms with Gasteiger partial charge in [0.2, 0.25) is 5.95 Å². The summed E-state index contributed by atoms with van der Waals surface area (Å²) in [6.45, 7) is 4.91. The van der Waals surface area contributed by atoms with Crippen LogP contribution < -0.4 is 10.6 Å². The van der Waals surface area contributed by atoms with Gasteiger partial charge in [0, 0.05) is 31.6 Å². The molecule has 2 aromatic heterocycles. The van der Waals surface area contributed by atoms with Crippen molar-refractivity contribution >= 4 is 22.9 Å². The quantitative estimate of drug-likeness (QED) is 0.725. The molecule has 0 amide bonds. The van der Waals surface area contributed by atoms with Crippen molar-refractivity contribution in [1.82, 2.24) is 24.8 Å². The number of H-pyrrole nitrogens is 1. The molecule has 146 valence electrons. The number of nitrogen functional groups attached to an aromatic ring is 1. The van der Waals surface area contributed by atoms with E-state index < -0.39 is 0 Å². The van der Waals surface area contributed by atoms with Crippen molar-refractivity contribution in [2.45, 2.75) is 25.8 Å². The molecule has 8 heteroatoms. The van der Waals surface area contributed by atoms with Crippen LogP contribution >= 0.6 is 0 Å². The third-order valence-corrected chi connectivity index (χ3v) is 6.08. The molecule has 2 aliphatic rings. The zero-order valence-electron chi connectivity index (χ0n) is 15.7. The maximum atomic E-state index is 13.2. The summed E-state index contributed by atoms with van der Waals surface area (Å²) in [5.41, 5.74) is 8.79. The molecular formula is C20H24FN7. The van der Waals surface area contributed by atoms with Gasteiger partial charge in [-0.15, -0.1) is 0 Å². The first-order valence-corrected chi connectivity index (χ1v) is 9.79. The number of nitrogens with one attached hydrogen (secondary N) is 1. The van der Waals surface area contributed by atoms with E-state index in [4.69, 9.17) is 5.73 Å². The number of benzene rings is 1. The third kappa shape index (κ3) is 3.17. The molecule has 5 rings (SSSR count). The maximum absolute atomic E-state index is 13.2. The number of nitrogens with zero attached hydrogens (tertiary/aromatic N) is 5. The van der Waals surface area contributed by atoms with Crippen LogP contribution in [-0.4, -0.2) is 51.0 Å². The molecule has 2 aliphatic heterocycles. The Bertz CT molecular complexity index is 986. The average Bonchev–Trinajstić information content (AvgIpc) is 3.30. The van der Waals surface area contributed by atoms with Gasteiger partial charge in [0.15, 0.2) is 11.5 Å². The number of anilines is 2. The Morgan fingerprint density at radius 1 is 1.11 bits per heavy atom. The summed E-state index contributed by atoms with van der Waals surface area (Å²) in [6, 6.07) is 6.86. The molecule has 0 radical (unpaired) electrons. The van der Waals surface area contributed by atoms with Gasteiger partial charge < -0.3 is 15.6 Å². The van der Waals surface area contributed by atoms with E-state index in [9.17, 15) is 4.39 Å². The van der Waals surface area contributed by atoms with Crippen molar-refractivity contribution in [3.05, 3.63) is 42.0 Å². The Hall–Kier alpha value is -2.74. The second-order valence-electron chi connectivity index (χ2n) is 8.12. The van der Waals surface area contributed by atoms with Gasteiger partial charge in [-0.25, -0.2) is 9.37 Å². The SMILES string of the molecule is Nc1nc(N2CCC3(CCCN(Cc4ccc(F)cc4)C3)C2)c2[nH]cnc2n1. The first-order valence-electron chi connectivity index (χ1n) is 9.79. The highest BCUT2D eigenvalue weighted by molar-refractivity contribution is 5.84. The van der Waals surface area contributed by atoms with Crippen molar-refractivity contribution < 1.29 is 4.39 Å². The van der Waals surface area contributed by atoms with E-state index in [2.05, 4.69) is 29.7 Å². The van der Waals surface area contributed by atoms with Gasteiger partial charge >= 0.3 is 0 Å². The van der Waals surface area contributed by atoms with Crippen LogP contribution in [0.25, 0.3) is 11.2 Å². The molecular weight excluding hydrogens is 357 g/mol. The van der Waals surface area contributed by atoms with E-state index in [0.717, 1.165) is 56.0 Å². The summed E-state index contributed by atoms with van der Waals surface area (Å²) in [5, 5.41) is 0. The molecule has 1 spiro atoms. The van der Waals surface area contributed by atoms with Gasteiger partial charge in [-0.2, -0.15) is 9.97 Å². The van der Waals surface area contributed by atoms with Crippen molar-refractivity contribution in [1.29, 1.82) is 0 Å². The zero-order chi connectivity index (χ0) is 19.1. The van der Waals surface area contributed by atoms with Crippen LogP contribution in [0.3, 0.4) is 0 Å². The number of aromatic amines is 1. The minimum absolute atomic E-state index is 0.181. The normalized spacial score (nSPS) is 23.1. The molecule has 3 N–H and O–H groups in total. The summed E-state index contributed by atoms with van der Waals surface area (Å²) in [7, 11) is 0. The fraction of sp³-hybridized carbons (Fsp3) is 0.450. The summed E-state index contributed by atoms with van der Waals surface area (Å²) in [4.78, 5) is 20.9. The molecule has 4 heterocycles. The first-order chi connectivity index (χ1) is 13.6. The fourth-order valence-electron chi connectivity index (χ4n) is 4.81. The topological polar surface area (TPSA) is 87.0 Å². The number of piperidine rings is 1. The number of halogens is 1. The lowest BCUT2D eigenvalue weighted by atomic mass is 9.79. The largest absolute Gasteiger partial charge is 0.368 e. The number of fused-ring (bicyclic) bond motifs is 1. The van der Waals surface area contributed by atoms with Gasteiger partial charge in [-0.1, -0.05) is 12.1 Å². The number of hydrogen-bond acceptors (Lipinski definition) is 6. The molecule has 1 atom stereocenters. The van der Waals surface area contributed by atoms with Gasteiger partial charge in [0.1, 0.15) is 11.3 Å². The number of rotatable bonds is 3. The smallest absolute Gasteiger partial charge is 0.224 e. The Morgan fingerprint density at radius 2 is 1.96 bits per heavy atom. The lowest BCUT2D eigenvalue weighted by molar-refractivity contribution is 0.0991. The van der Waals surface area contributed by atoms with Crippen LogP contribution in [0.1, 0.15) is 24.8 Å². The lowest BCUT2D eigenvalue weighted by Gasteiger charge is -2.40. The minimum atomic E-state index is -0.181. The minimum Gasteiger partial charge on any atom is -0.368 e. The van der Waals surface area contributed by atoms with Crippen LogP contribution in [-0.2, 0) is 6.54 Å². The highest BCUT2D eigenvalue weighted by Crippen LogP contribution is 2.41. The predicted octanol–water partition coefficient (Wildman–Crippen LogP) is 2.57. The summed E-state index contributed by atoms with van der Waals surface area (Å²) >= 11 is 0. The average molecular weight is 381 g/mol. The fourth-order valence-corrected chi connectivity index (χ4v) is 4.81. The standard InChI is InChI=1S/C20H24FN7/c21-15-4-2-14(3-5-15)10-27-8-1-6-20(11-27)7-9-28(12-20)18-16-17(24-13-23-16)25-19(22)26-18/h2-5,13H,1,6-12H2,(H3,22,23,24,25,26). The Labute approximate surface area is 162 Å². The molecule has 1 unspecified atom stereocenters. The molecule has 28 heavy (non-hydrogen) atoms. The maximum Gasteiger partial charge on any atom is 0.224 e. The first kappa shape index (κ1) is 17.4. The van der Waals surface area contributed by atoms with E-state index in [-0.39, 0.29) is 17.2 Å². The molecule has 0 bridgehead atoms. The predicted molar refractivity (Wildman–Crippen MR) is 106 cm³/mol. The van der Waals surface area contributed by atoms with Crippen LogP contribution in [0.4, 0.5) is 16.2 Å². The van der Waals surface area contributed by atoms with E-state index >= 15 is 0 Å². The summed E-state index contributed by atoms with van der Waals surface area (Å²) < 4.78 is 13.2. The number of nitrogens with two attached hydrogens (primary N) is 1.